The van der Waals surface area contributed by atoms with Crippen molar-refractivity contribution < 1.29 is 14.3 Å². The Bertz CT molecular complexity index is 934. The molecular weight excluding hydrogens is 342 g/mol. The molecule has 0 aliphatic rings. The first-order chi connectivity index (χ1) is 13.1. The highest BCUT2D eigenvalue weighted by atomic mass is 16.5. The predicted molar refractivity (Wildman–Crippen MR) is 104 cm³/mol. The lowest BCUT2D eigenvalue weighted by atomic mass is 10.1. The molecule has 0 saturated heterocycles. The van der Waals surface area contributed by atoms with Gasteiger partial charge in [0.2, 0.25) is 11.8 Å². The number of H-pyrrole nitrogens is 1. The largest absolute Gasteiger partial charge is 0.497 e. The second kappa shape index (κ2) is 8.40. The molecule has 140 valence electrons. The molecule has 0 saturated carbocycles. The van der Waals surface area contributed by atoms with Gasteiger partial charge in [-0.1, -0.05) is 30.3 Å². The van der Waals surface area contributed by atoms with E-state index in [4.69, 9.17) is 4.74 Å². The van der Waals surface area contributed by atoms with E-state index in [0.29, 0.717) is 6.54 Å². The quantitative estimate of drug-likeness (QED) is 0.602. The fraction of sp³-hybridized carbons (Fsp3) is 0.238. The topological polar surface area (TPSA) is 83.2 Å². The number of carbonyl (C=O) groups is 2. The molecule has 2 aromatic carbocycles. The Morgan fingerprint density at radius 2 is 1.93 bits per heavy atom. The summed E-state index contributed by atoms with van der Waals surface area (Å²) in [5.41, 5.74) is 2.81. The number of hydrogen-bond acceptors (Lipinski definition) is 3. The van der Waals surface area contributed by atoms with Crippen molar-refractivity contribution in [3.8, 4) is 5.75 Å². The van der Waals surface area contributed by atoms with E-state index in [-0.39, 0.29) is 18.2 Å². The molecule has 0 spiro atoms. The molecule has 0 fully saturated rings. The average Bonchev–Trinajstić information content (AvgIpc) is 3.08. The molecule has 0 bridgehead atoms. The zero-order chi connectivity index (χ0) is 19.2. The Morgan fingerprint density at radius 1 is 1.15 bits per heavy atom. The van der Waals surface area contributed by atoms with Crippen LogP contribution in [0.1, 0.15) is 18.1 Å². The van der Waals surface area contributed by atoms with Crippen LogP contribution in [0.5, 0.6) is 5.75 Å². The summed E-state index contributed by atoms with van der Waals surface area (Å²) in [7, 11) is 1.61. The SMILES string of the molecule is COc1ccc2[nH]cc(CC(=O)NC(C)C(=O)NCc3ccccc3)c2c1. The maximum atomic E-state index is 12.4. The van der Waals surface area contributed by atoms with E-state index in [2.05, 4.69) is 15.6 Å². The number of hydrogen-bond donors (Lipinski definition) is 3. The fourth-order valence-corrected chi connectivity index (χ4v) is 2.90. The van der Waals surface area contributed by atoms with Crippen LogP contribution in [-0.2, 0) is 22.6 Å². The van der Waals surface area contributed by atoms with Gasteiger partial charge in [0.15, 0.2) is 0 Å². The van der Waals surface area contributed by atoms with Gasteiger partial charge >= 0.3 is 0 Å². The fourth-order valence-electron chi connectivity index (χ4n) is 2.90. The highest BCUT2D eigenvalue weighted by Crippen LogP contribution is 2.23. The van der Waals surface area contributed by atoms with Gasteiger partial charge in [0, 0.05) is 23.6 Å². The predicted octanol–water partition coefficient (Wildman–Crippen LogP) is 2.54. The lowest BCUT2D eigenvalue weighted by molar-refractivity contribution is -0.128. The van der Waals surface area contributed by atoms with E-state index >= 15 is 0 Å². The molecule has 0 radical (unpaired) electrons. The molecule has 0 aliphatic heterocycles. The first kappa shape index (κ1) is 18.5. The Labute approximate surface area is 157 Å². The second-order valence-corrected chi connectivity index (χ2v) is 6.39. The smallest absolute Gasteiger partial charge is 0.242 e. The summed E-state index contributed by atoms with van der Waals surface area (Å²) in [5, 5.41) is 6.52. The number of fused-ring (bicyclic) bond motifs is 1. The second-order valence-electron chi connectivity index (χ2n) is 6.39. The Hall–Kier alpha value is -3.28. The maximum Gasteiger partial charge on any atom is 0.242 e. The van der Waals surface area contributed by atoms with Crippen LogP contribution in [0.25, 0.3) is 10.9 Å². The van der Waals surface area contributed by atoms with E-state index in [1.807, 2.05) is 54.7 Å². The Morgan fingerprint density at radius 3 is 2.67 bits per heavy atom. The van der Waals surface area contributed by atoms with Crippen molar-refractivity contribution in [3.63, 3.8) is 0 Å². The molecule has 3 aromatic rings. The number of amides is 2. The number of benzene rings is 2. The number of methoxy groups -OCH3 is 1. The number of rotatable bonds is 7. The van der Waals surface area contributed by atoms with Crippen LogP contribution in [0.15, 0.2) is 54.7 Å². The van der Waals surface area contributed by atoms with Gasteiger partial charge in [0.1, 0.15) is 11.8 Å². The molecule has 2 amide bonds. The zero-order valence-corrected chi connectivity index (χ0v) is 15.4. The van der Waals surface area contributed by atoms with Gasteiger partial charge in [-0.05, 0) is 36.2 Å². The van der Waals surface area contributed by atoms with Gasteiger partial charge in [-0.3, -0.25) is 9.59 Å². The molecule has 0 aliphatic carbocycles. The molecule has 3 N–H and O–H groups in total. The van der Waals surface area contributed by atoms with E-state index in [9.17, 15) is 9.59 Å². The number of nitrogens with one attached hydrogen (secondary N) is 3. The lowest BCUT2D eigenvalue weighted by Crippen LogP contribution is -2.45. The van der Waals surface area contributed by atoms with Gasteiger partial charge in [0.05, 0.1) is 13.5 Å². The van der Waals surface area contributed by atoms with Crippen LogP contribution in [0.4, 0.5) is 0 Å². The van der Waals surface area contributed by atoms with Crippen molar-refractivity contribution in [1.29, 1.82) is 0 Å². The summed E-state index contributed by atoms with van der Waals surface area (Å²) in [6.45, 7) is 2.11. The molecule has 1 atom stereocenters. The van der Waals surface area contributed by atoms with E-state index in [1.165, 1.54) is 0 Å². The molecule has 6 heteroatoms. The van der Waals surface area contributed by atoms with Crippen molar-refractivity contribution in [2.24, 2.45) is 0 Å². The summed E-state index contributed by atoms with van der Waals surface area (Å²) in [4.78, 5) is 27.7. The van der Waals surface area contributed by atoms with Gasteiger partial charge in [-0.15, -0.1) is 0 Å². The van der Waals surface area contributed by atoms with E-state index in [1.54, 1.807) is 14.0 Å². The van der Waals surface area contributed by atoms with Crippen LogP contribution >= 0.6 is 0 Å². The molecule has 3 rings (SSSR count). The monoisotopic (exact) mass is 365 g/mol. The summed E-state index contributed by atoms with van der Waals surface area (Å²) in [6.07, 6.45) is 1.99. The maximum absolute atomic E-state index is 12.4. The normalized spacial score (nSPS) is 11.8. The third kappa shape index (κ3) is 4.67. The molecule has 1 aromatic heterocycles. The highest BCUT2D eigenvalue weighted by molar-refractivity contribution is 5.92. The lowest BCUT2D eigenvalue weighted by Gasteiger charge is -2.14. The third-order valence-corrected chi connectivity index (χ3v) is 4.41. The van der Waals surface area contributed by atoms with E-state index < -0.39 is 6.04 Å². The number of aromatic amines is 1. The summed E-state index contributed by atoms with van der Waals surface area (Å²) in [5.74, 6) is 0.311. The molecule has 1 unspecified atom stereocenters. The molecule has 6 nitrogen and oxygen atoms in total. The van der Waals surface area contributed by atoms with Crippen LogP contribution in [0, 0.1) is 0 Å². The number of carbonyl (C=O) groups excluding carboxylic acids is 2. The Balaban J connectivity index is 1.56. The zero-order valence-electron chi connectivity index (χ0n) is 15.4. The summed E-state index contributed by atoms with van der Waals surface area (Å²) < 4.78 is 5.24. The van der Waals surface area contributed by atoms with Crippen LogP contribution in [-0.4, -0.2) is 29.9 Å². The van der Waals surface area contributed by atoms with Crippen molar-refractivity contribution in [1.82, 2.24) is 15.6 Å². The summed E-state index contributed by atoms with van der Waals surface area (Å²) in [6, 6.07) is 14.7. The molecule has 1 heterocycles. The third-order valence-electron chi connectivity index (χ3n) is 4.41. The molecule has 27 heavy (non-hydrogen) atoms. The van der Waals surface area contributed by atoms with Crippen molar-refractivity contribution in [2.45, 2.75) is 25.9 Å². The number of aromatic nitrogens is 1. The Kier molecular flexibility index (Phi) is 5.76. The van der Waals surface area contributed by atoms with Crippen molar-refractivity contribution >= 4 is 22.7 Å². The van der Waals surface area contributed by atoms with Crippen molar-refractivity contribution in [2.75, 3.05) is 7.11 Å². The first-order valence-corrected chi connectivity index (χ1v) is 8.82. The highest BCUT2D eigenvalue weighted by Gasteiger charge is 2.17. The number of ether oxygens (including phenoxy) is 1. The minimum Gasteiger partial charge on any atom is -0.497 e. The van der Waals surface area contributed by atoms with Crippen LogP contribution in [0.2, 0.25) is 0 Å². The minimum absolute atomic E-state index is 0.184. The van der Waals surface area contributed by atoms with Gasteiger partial charge in [0.25, 0.3) is 0 Å². The average molecular weight is 365 g/mol. The summed E-state index contributed by atoms with van der Waals surface area (Å²) >= 11 is 0. The van der Waals surface area contributed by atoms with Gasteiger partial charge in [-0.25, -0.2) is 0 Å². The van der Waals surface area contributed by atoms with E-state index in [0.717, 1.165) is 27.8 Å². The van der Waals surface area contributed by atoms with Crippen LogP contribution in [0.3, 0.4) is 0 Å². The standard InChI is InChI=1S/C21H23N3O3/c1-14(21(26)23-12-15-6-4-3-5-7-15)24-20(25)10-16-13-22-19-9-8-17(27-2)11-18(16)19/h3-9,11,13-14,22H,10,12H2,1-2H3,(H,23,26)(H,24,25). The van der Waals surface area contributed by atoms with Gasteiger partial charge < -0.3 is 20.4 Å². The van der Waals surface area contributed by atoms with Gasteiger partial charge in [-0.2, -0.15) is 0 Å². The molecular formula is C21H23N3O3. The minimum atomic E-state index is -0.610. The first-order valence-electron chi connectivity index (χ1n) is 8.82. The van der Waals surface area contributed by atoms with Crippen molar-refractivity contribution in [3.05, 3.63) is 65.9 Å². The van der Waals surface area contributed by atoms with Crippen LogP contribution < -0.4 is 15.4 Å².